The predicted octanol–water partition coefficient (Wildman–Crippen LogP) is 1.68. The highest BCUT2D eigenvalue weighted by Gasteiger charge is 2.09. The van der Waals surface area contributed by atoms with Crippen LogP contribution in [0.25, 0.3) is 0 Å². The number of hydrogen-bond acceptors (Lipinski definition) is 4. The number of anilines is 1. The van der Waals surface area contributed by atoms with Gasteiger partial charge in [0.25, 0.3) is 0 Å². The van der Waals surface area contributed by atoms with E-state index in [4.69, 9.17) is 22.6 Å². The summed E-state index contributed by atoms with van der Waals surface area (Å²) in [7, 11) is 0. The Kier molecular flexibility index (Phi) is 5.29. The molecule has 1 rings (SSSR count). The summed E-state index contributed by atoms with van der Waals surface area (Å²) in [6.45, 7) is 3.19. The number of aliphatic carboxylic acids is 1. The third-order valence-corrected chi connectivity index (χ3v) is 2.42. The highest BCUT2D eigenvalue weighted by atomic mass is 35.5. The Hall–Kier alpha value is -1.92. The second-order valence-corrected chi connectivity index (χ2v) is 3.88. The molecule has 0 fully saturated rings. The second-order valence-electron chi connectivity index (χ2n) is 3.45. The molecule has 0 spiro atoms. The highest BCUT2D eigenvalue weighted by molar-refractivity contribution is 6.30. The van der Waals surface area contributed by atoms with Crippen LogP contribution in [0.2, 0.25) is 5.02 Å². The molecule has 0 bridgehead atoms. The van der Waals surface area contributed by atoms with Crippen LogP contribution in [0.4, 0.5) is 5.69 Å². The molecule has 0 aliphatic rings. The molecule has 0 unspecified atom stereocenters. The van der Waals surface area contributed by atoms with Gasteiger partial charge in [-0.1, -0.05) is 11.6 Å². The number of carbonyl (C=O) groups is 1. The quantitative estimate of drug-likeness (QED) is 0.355. The van der Waals surface area contributed by atoms with Crippen molar-refractivity contribution in [3.05, 3.63) is 28.8 Å². The molecule has 1 aromatic carbocycles. The minimum absolute atomic E-state index is 0.00195. The molecule has 96 valence electrons. The monoisotopic (exact) mass is 268 g/mol. The summed E-state index contributed by atoms with van der Waals surface area (Å²) in [6.07, 6.45) is 1.60. The molecule has 0 radical (unpaired) electrons. The molecule has 3 N–H and O–H groups in total. The maximum absolute atomic E-state index is 10.6. The maximum Gasteiger partial charge on any atom is 0.303 e. The van der Waals surface area contributed by atoms with Crippen LogP contribution in [-0.2, 0) is 11.2 Å². The first-order chi connectivity index (χ1) is 8.54. The molecule has 0 saturated carbocycles. The molecule has 18 heavy (non-hydrogen) atoms. The van der Waals surface area contributed by atoms with Crippen LogP contribution >= 0.6 is 11.6 Å². The highest BCUT2D eigenvalue weighted by Crippen LogP contribution is 2.23. The van der Waals surface area contributed by atoms with Crippen LogP contribution in [0.5, 0.6) is 0 Å². The number of aryl methyl sites for hydroxylation is 1. The summed E-state index contributed by atoms with van der Waals surface area (Å²) < 4.78 is 0. The second kappa shape index (κ2) is 6.73. The molecule has 0 amide bonds. The van der Waals surface area contributed by atoms with E-state index in [1.807, 2.05) is 0 Å². The topological polar surface area (TPSA) is 91.3 Å². The van der Waals surface area contributed by atoms with Crippen LogP contribution in [0.1, 0.15) is 12.0 Å². The van der Waals surface area contributed by atoms with E-state index in [1.54, 1.807) is 18.2 Å². The Labute approximate surface area is 109 Å². The van der Waals surface area contributed by atoms with Gasteiger partial charge in [0.15, 0.2) is 0 Å². The van der Waals surface area contributed by atoms with Crippen molar-refractivity contribution in [2.45, 2.75) is 12.8 Å². The molecular formula is C11H13ClN4O2. The van der Waals surface area contributed by atoms with Crippen LogP contribution in [-0.4, -0.2) is 24.1 Å². The number of carboxylic acid groups (broad SMARTS) is 1. The van der Waals surface area contributed by atoms with E-state index in [2.05, 4.69) is 16.9 Å². The van der Waals surface area contributed by atoms with Gasteiger partial charge in [0, 0.05) is 18.2 Å². The van der Waals surface area contributed by atoms with E-state index in [0.29, 0.717) is 17.1 Å². The van der Waals surface area contributed by atoms with Crippen LogP contribution in [0.15, 0.2) is 28.4 Å². The van der Waals surface area contributed by atoms with Gasteiger partial charge in [-0.3, -0.25) is 9.80 Å². The zero-order chi connectivity index (χ0) is 13.5. The molecule has 1 aromatic rings. The molecule has 0 aliphatic carbocycles. The van der Waals surface area contributed by atoms with Gasteiger partial charge in [0.2, 0.25) is 0 Å². The summed E-state index contributed by atoms with van der Waals surface area (Å²) in [5, 5.41) is 17.3. The molecule has 0 atom stereocenters. The molecule has 7 heteroatoms. The third-order valence-electron chi connectivity index (χ3n) is 2.19. The molecule has 0 aliphatic heterocycles. The molecule has 0 saturated heterocycles. The lowest BCUT2D eigenvalue weighted by Crippen LogP contribution is -2.30. The van der Waals surface area contributed by atoms with Gasteiger partial charge in [-0.05, 0) is 30.2 Å². The Morgan fingerprint density at radius 3 is 2.94 bits per heavy atom. The molecule has 0 heterocycles. The van der Waals surface area contributed by atoms with Crippen molar-refractivity contribution in [1.82, 2.24) is 0 Å². The summed E-state index contributed by atoms with van der Waals surface area (Å²) in [5.74, 6) is 4.86. The molecule has 0 aromatic heterocycles. The van der Waals surface area contributed by atoms with Gasteiger partial charge in [-0.2, -0.15) is 5.10 Å². The number of hydrazine groups is 1. The van der Waals surface area contributed by atoms with Crippen LogP contribution in [0.3, 0.4) is 0 Å². The van der Waals surface area contributed by atoms with Gasteiger partial charge < -0.3 is 5.11 Å². The van der Waals surface area contributed by atoms with E-state index in [0.717, 1.165) is 5.56 Å². The average molecular weight is 269 g/mol. The largest absolute Gasteiger partial charge is 0.481 e. The van der Waals surface area contributed by atoms with Gasteiger partial charge in [0.05, 0.1) is 5.69 Å². The van der Waals surface area contributed by atoms with E-state index in [9.17, 15) is 4.79 Å². The zero-order valence-corrected chi connectivity index (χ0v) is 10.3. The van der Waals surface area contributed by atoms with Crippen molar-refractivity contribution in [3.63, 3.8) is 0 Å². The molecule has 6 nitrogen and oxygen atoms in total. The zero-order valence-electron chi connectivity index (χ0n) is 9.58. The third kappa shape index (κ3) is 4.15. The first-order valence-corrected chi connectivity index (χ1v) is 5.45. The standard InChI is InChI=1S/C11H13ClN4O2/c1-14-15-7-16(13)10-4-3-9(12)6-8(10)2-5-11(17)18/h3-4,6-7H,1-2,5,13H2,(H,17,18)/b15-7-. The fourth-order valence-electron chi connectivity index (χ4n) is 1.40. The van der Waals surface area contributed by atoms with E-state index in [1.165, 1.54) is 11.3 Å². The number of halogens is 1. The Morgan fingerprint density at radius 1 is 1.61 bits per heavy atom. The Balaban J connectivity index is 2.98. The van der Waals surface area contributed by atoms with Gasteiger partial charge >= 0.3 is 5.97 Å². The van der Waals surface area contributed by atoms with Crippen molar-refractivity contribution in [2.24, 2.45) is 16.0 Å². The maximum atomic E-state index is 10.6. The lowest BCUT2D eigenvalue weighted by atomic mass is 10.1. The van der Waals surface area contributed by atoms with Crippen molar-refractivity contribution in [2.75, 3.05) is 5.01 Å². The molecular weight excluding hydrogens is 256 g/mol. The minimum Gasteiger partial charge on any atom is -0.481 e. The summed E-state index contributed by atoms with van der Waals surface area (Å²) in [4.78, 5) is 10.6. The van der Waals surface area contributed by atoms with Crippen LogP contribution in [0, 0.1) is 0 Å². The van der Waals surface area contributed by atoms with Crippen molar-refractivity contribution in [1.29, 1.82) is 0 Å². The Morgan fingerprint density at radius 2 is 2.33 bits per heavy atom. The van der Waals surface area contributed by atoms with Crippen LogP contribution < -0.4 is 10.9 Å². The number of rotatable bonds is 6. The fraction of sp³-hybridized carbons (Fsp3) is 0.182. The number of benzene rings is 1. The fourth-order valence-corrected chi connectivity index (χ4v) is 1.60. The summed E-state index contributed by atoms with van der Waals surface area (Å²) in [5.41, 5.74) is 1.34. The predicted molar refractivity (Wildman–Crippen MR) is 72.1 cm³/mol. The average Bonchev–Trinajstić information content (AvgIpc) is 2.33. The van der Waals surface area contributed by atoms with Gasteiger partial charge in [-0.25, -0.2) is 5.84 Å². The number of nitrogens with zero attached hydrogens (tertiary/aromatic N) is 3. The smallest absolute Gasteiger partial charge is 0.303 e. The number of nitrogens with two attached hydrogens (primary N) is 1. The van der Waals surface area contributed by atoms with E-state index < -0.39 is 5.97 Å². The van der Waals surface area contributed by atoms with E-state index >= 15 is 0 Å². The van der Waals surface area contributed by atoms with E-state index in [-0.39, 0.29) is 6.42 Å². The first-order valence-electron chi connectivity index (χ1n) is 5.08. The summed E-state index contributed by atoms with van der Waals surface area (Å²) >= 11 is 5.87. The van der Waals surface area contributed by atoms with Crippen molar-refractivity contribution in [3.8, 4) is 0 Å². The normalized spacial score (nSPS) is 10.6. The lowest BCUT2D eigenvalue weighted by Gasteiger charge is -2.16. The Bertz CT molecular complexity index is 476. The number of hydrogen-bond donors (Lipinski definition) is 2. The summed E-state index contributed by atoms with van der Waals surface area (Å²) in [6, 6.07) is 5.03. The lowest BCUT2D eigenvalue weighted by molar-refractivity contribution is -0.136. The van der Waals surface area contributed by atoms with Crippen molar-refractivity contribution >= 4 is 36.3 Å². The van der Waals surface area contributed by atoms with Gasteiger partial charge in [-0.15, -0.1) is 5.10 Å². The number of carboxylic acids is 1. The first kappa shape index (κ1) is 14.1. The van der Waals surface area contributed by atoms with Gasteiger partial charge in [0.1, 0.15) is 6.34 Å². The minimum atomic E-state index is -0.883. The SMILES string of the molecule is C=N/N=C\N(N)c1ccc(Cl)cc1CCC(=O)O. The van der Waals surface area contributed by atoms with Crippen molar-refractivity contribution < 1.29 is 9.90 Å².